The molecule has 2 N–H and O–H groups in total. The highest BCUT2D eigenvalue weighted by Crippen LogP contribution is 2.51. The van der Waals surface area contributed by atoms with Crippen molar-refractivity contribution in [1.29, 1.82) is 0 Å². The van der Waals surface area contributed by atoms with Crippen LogP contribution in [0.5, 0.6) is 5.75 Å². The fraction of sp³-hybridized carbons (Fsp3) is 0.647. The van der Waals surface area contributed by atoms with Crippen LogP contribution < -0.4 is 10.5 Å². The van der Waals surface area contributed by atoms with E-state index < -0.39 is 0 Å². The summed E-state index contributed by atoms with van der Waals surface area (Å²) in [5, 5.41) is 0. The summed E-state index contributed by atoms with van der Waals surface area (Å²) >= 11 is 0. The summed E-state index contributed by atoms with van der Waals surface area (Å²) in [6.45, 7) is 9.06. The van der Waals surface area contributed by atoms with E-state index >= 15 is 0 Å². The molecule has 1 aromatic rings. The van der Waals surface area contributed by atoms with Gasteiger partial charge in [-0.15, -0.1) is 0 Å². The van der Waals surface area contributed by atoms with Crippen LogP contribution in [0.3, 0.4) is 0 Å². The zero-order chi connectivity index (χ0) is 14.1. The Kier molecular flexibility index (Phi) is 3.80. The molecule has 1 aliphatic rings. The summed E-state index contributed by atoms with van der Waals surface area (Å²) in [5.74, 6) is 1.05. The number of benzene rings is 1. The van der Waals surface area contributed by atoms with Crippen LogP contribution in [0, 0.1) is 0 Å². The average Bonchev–Trinajstić information content (AvgIpc) is 2.46. The Morgan fingerprint density at radius 3 is 2.21 bits per heavy atom. The lowest BCUT2D eigenvalue weighted by Crippen LogP contribution is -2.47. The summed E-state index contributed by atoms with van der Waals surface area (Å²) < 4.78 is 6.38. The van der Waals surface area contributed by atoms with Gasteiger partial charge in [0, 0.05) is 16.7 Å². The van der Waals surface area contributed by atoms with Crippen molar-refractivity contribution in [3.05, 3.63) is 23.8 Å². The molecule has 1 heterocycles. The van der Waals surface area contributed by atoms with Crippen LogP contribution in [0.25, 0.3) is 0 Å². The Labute approximate surface area is 117 Å². The first-order valence-electron chi connectivity index (χ1n) is 7.63. The van der Waals surface area contributed by atoms with Gasteiger partial charge in [0.1, 0.15) is 11.4 Å². The fourth-order valence-corrected chi connectivity index (χ4v) is 3.56. The third kappa shape index (κ3) is 2.22. The predicted octanol–water partition coefficient (Wildman–Crippen LogP) is 4.67. The topological polar surface area (TPSA) is 35.2 Å². The van der Waals surface area contributed by atoms with Crippen LogP contribution in [0.4, 0.5) is 5.69 Å². The number of nitrogens with two attached hydrogens (primary N) is 1. The normalized spacial score (nSPS) is 19.6. The molecule has 0 spiro atoms. The fourth-order valence-electron chi connectivity index (χ4n) is 3.56. The lowest BCUT2D eigenvalue weighted by atomic mass is 9.65. The second-order valence-corrected chi connectivity index (χ2v) is 5.91. The second kappa shape index (κ2) is 5.07. The predicted molar refractivity (Wildman–Crippen MR) is 81.7 cm³/mol. The van der Waals surface area contributed by atoms with Gasteiger partial charge < -0.3 is 10.5 Å². The van der Waals surface area contributed by atoms with Gasteiger partial charge in [0.2, 0.25) is 0 Å². The van der Waals surface area contributed by atoms with Gasteiger partial charge in [0.05, 0.1) is 0 Å². The first-order valence-corrected chi connectivity index (χ1v) is 7.63. The van der Waals surface area contributed by atoms with E-state index in [0.717, 1.165) is 43.5 Å². The molecule has 0 aromatic heterocycles. The standard InChI is InChI=1S/C17H27NO/c1-5-16(6-2)12-17(7-3,8-4)19-15-10-9-13(18)11-14(15)16/h9-11H,5-8,12,18H2,1-4H3. The molecule has 0 saturated carbocycles. The van der Waals surface area contributed by atoms with E-state index in [9.17, 15) is 0 Å². The van der Waals surface area contributed by atoms with E-state index in [-0.39, 0.29) is 11.0 Å². The maximum absolute atomic E-state index is 6.38. The van der Waals surface area contributed by atoms with Gasteiger partial charge in [0.15, 0.2) is 0 Å². The molecule has 0 fully saturated rings. The number of rotatable bonds is 4. The molecule has 1 aromatic carbocycles. The molecule has 0 saturated heterocycles. The van der Waals surface area contributed by atoms with Gasteiger partial charge in [0.25, 0.3) is 0 Å². The lowest BCUT2D eigenvalue weighted by Gasteiger charge is -2.48. The minimum Gasteiger partial charge on any atom is -0.487 e. The van der Waals surface area contributed by atoms with E-state index in [2.05, 4.69) is 39.8 Å². The van der Waals surface area contributed by atoms with Crippen molar-refractivity contribution in [3.63, 3.8) is 0 Å². The summed E-state index contributed by atoms with van der Waals surface area (Å²) in [6, 6.07) is 6.14. The van der Waals surface area contributed by atoms with Crippen LogP contribution in [0.15, 0.2) is 18.2 Å². The van der Waals surface area contributed by atoms with E-state index in [1.165, 1.54) is 5.56 Å². The molecular formula is C17H27NO. The molecule has 2 nitrogen and oxygen atoms in total. The Hall–Kier alpha value is -1.18. The third-order valence-corrected chi connectivity index (χ3v) is 5.20. The summed E-state index contributed by atoms with van der Waals surface area (Å²) in [4.78, 5) is 0. The highest BCUT2D eigenvalue weighted by molar-refractivity contribution is 5.52. The molecule has 0 radical (unpaired) electrons. The van der Waals surface area contributed by atoms with Crippen molar-refractivity contribution in [2.75, 3.05) is 5.73 Å². The van der Waals surface area contributed by atoms with Crippen molar-refractivity contribution >= 4 is 5.69 Å². The van der Waals surface area contributed by atoms with Crippen LogP contribution in [0.1, 0.15) is 65.4 Å². The molecule has 0 atom stereocenters. The molecule has 106 valence electrons. The van der Waals surface area contributed by atoms with Crippen molar-refractivity contribution < 1.29 is 4.74 Å². The number of nitrogen functional groups attached to an aromatic ring is 1. The van der Waals surface area contributed by atoms with Crippen LogP contribution >= 0.6 is 0 Å². The lowest BCUT2D eigenvalue weighted by molar-refractivity contribution is 0.00178. The minimum absolute atomic E-state index is 0.00483. The zero-order valence-electron chi connectivity index (χ0n) is 12.8. The van der Waals surface area contributed by atoms with Crippen LogP contribution in [-0.2, 0) is 5.41 Å². The quantitative estimate of drug-likeness (QED) is 0.799. The van der Waals surface area contributed by atoms with Gasteiger partial charge in [-0.3, -0.25) is 0 Å². The number of ether oxygens (including phenoxy) is 1. The molecule has 1 aliphatic heterocycles. The van der Waals surface area contributed by atoms with Crippen molar-refractivity contribution in [2.45, 2.75) is 70.8 Å². The number of anilines is 1. The number of fused-ring (bicyclic) bond motifs is 1. The maximum atomic E-state index is 6.38. The Bertz CT molecular complexity index is 445. The maximum Gasteiger partial charge on any atom is 0.124 e. The summed E-state index contributed by atoms with van der Waals surface area (Å²) in [6.07, 6.45) is 5.52. The SMILES string of the molecule is CCC1(CC)CC(CC)(CC)c2cc(N)ccc2O1. The number of hydrogen-bond acceptors (Lipinski definition) is 2. The van der Waals surface area contributed by atoms with Gasteiger partial charge in [-0.2, -0.15) is 0 Å². The average molecular weight is 261 g/mol. The second-order valence-electron chi connectivity index (χ2n) is 5.91. The van der Waals surface area contributed by atoms with E-state index in [1.807, 2.05) is 6.07 Å². The van der Waals surface area contributed by atoms with Crippen LogP contribution in [-0.4, -0.2) is 5.60 Å². The summed E-state index contributed by atoms with van der Waals surface area (Å²) in [5.41, 5.74) is 8.36. The first-order chi connectivity index (χ1) is 9.04. The highest BCUT2D eigenvalue weighted by Gasteiger charge is 2.45. The molecule has 2 rings (SSSR count). The smallest absolute Gasteiger partial charge is 0.124 e. The Balaban J connectivity index is 2.58. The van der Waals surface area contributed by atoms with E-state index in [0.29, 0.717) is 0 Å². The molecule has 0 bridgehead atoms. The van der Waals surface area contributed by atoms with Gasteiger partial charge >= 0.3 is 0 Å². The Morgan fingerprint density at radius 1 is 1.05 bits per heavy atom. The minimum atomic E-state index is -0.00483. The molecule has 0 amide bonds. The van der Waals surface area contributed by atoms with Crippen LogP contribution in [0.2, 0.25) is 0 Å². The summed E-state index contributed by atoms with van der Waals surface area (Å²) in [7, 11) is 0. The van der Waals surface area contributed by atoms with Gasteiger partial charge in [-0.05, 0) is 50.3 Å². The zero-order valence-corrected chi connectivity index (χ0v) is 12.8. The van der Waals surface area contributed by atoms with Gasteiger partial charge in [-0.1, -0.05) is 27.7 Å². The van der Waals surface area contributed by atoms with Gasteiger partial charge in [-0.25, -0.2) is 0 Å². The molecule has 0 unspecified atom stereocenters. The van der Waals surface area contributed by atoms with Crippen molar-refractivity contribution in [2.24, 2.45) is 0 Å². The molecule has 0 aliphatic carbocycles. The molecule has 2 heteroatoms. The van der Waals surface area contributed by atoms with E-state index in [1.54, 1.807) is 0 Å². The Morgan fingerprint density at radius 2 is 1.68 bits per heavy atom. The first kappa shape index (κ1) is 14.2. The highest BCUT2D eigenvalue weighted by atomic mass is 16.5. The van der Waals surface area contributed by atoms with Crippen molar-refractivity contribution in [1.82, 2.24) is 0 Å². The molecular weight excluding hydrogens is 234 g/mol. The largest absolute Gasteiger partial charge is 0.487 e. The van der Waals surface area contributed by atoms with E-state index in [4.69, 9.17) is 10.5 Å². The monoisotopic (exact) mass is 261 g/mol. The van der Waals surface area contributed by atoms with Crippen molar-refractivity contribution in [3.8, 4) is 5.75 Å². The third-order valence-electron chi connectivity index (χ3n) is 5.20. The molecule has 19 heavy (non-hydrogen) atoms. The number of hydrogen-bond donors (Lipinski definition) is 1.